The van der Waals surface area contributed by atoms with Gasteiger partial charge in [-0.25, -0.2) is 0 Å². The molecule has 0 spiro atoms. The van der Waals surface area contributed by atoms with Gasteiger partial charge in [0.25, 0.3) is 11.8 Å². The minimum atomic E-state index is -0.0334. The van der Waals surface area contributed by atoms with Gasteiger partial charge in [0.15, 0.2) is 5.82 Å². The Morgan fingerprint density at radius 3 is 2.79 bits per heavy atom. The molecule has 0 radical (unpaired) electrons. The molecule has 1 N–H and O–H groups in total. The minimum absolute atomic E-state index is 0.0334. The van der Waals surface area contributed by atoms with Crippen LogP contribution >= 0.6 is 0 Å². The number of ether oxygens (including phenoxy) is 1. The quantitative estimate of drug-likeness (QED) is 0.556. The zero-order valence-corrected chi connectivity index (χ0v) is 15.7. The minimum Gasteiger partial charge on any atom is -0.497 e. The predicted octanol–water partition coefficient (Wildman–Crippen LogP) is 3.54. The largest absolute Gasteiger partial charge is 0.497 e. The van der Waals surface area contributed by atoms with Gasteiger partial charge in [0.2, 0.25) is 0 Å². The second-order valence-corrected chi connectivity index (χ2v) is 6.49. The van der Waals surface area contributed by atoms with Gasteiger partial charge in [-0.15, -0.1) is 0 Å². The van der Waals surface area contributed by atoms with Crippen LogP contribution in [0.1, 0.15) is 16.2 Å². The number of rotatable bonds is 6. The predicted molar refractivity (Wildman–Crippen MR) is 105 cm³/mol. The van der Waals surface area contributed by atoms with Crippen molar-refractivity contribution in [2.24, 2.45) is 0 Å². The number of benzene rings is 2. The molecule has 0 aliphatic rings. The molecule has 0 aliphatic carbocycles. The number of hydrogen-bond donors (Lipinski definition) is 1. The van der Waals surface area contributed by atoms with Gasteiger partial charge in [-0.3, -0.25) is 4.79 Å². The van der Waals surface area contributed by atoms with Crippen LogP contribution in [0.5, 0.6) is 5.75 Å². The molecule has 4 aromatic rings. The van der Waals surface area contributed by atoms with Crippen molar-refractivity contribution in [2.45, 2.75) is 6.42 Å². The van der Waals surface area contributed by atoms with Gasteiger partial charge >= 0.3 is 0 Å². The maximum atomic E-state index is 12.4. The summed E-state index contributed by atoms with van der Waals surface area (Å²) in [5, 5.41) is 5.06. The Kier molecular flexibility index (Phi) is 4.80. The summed E-state index contributed by atoms with van der Waals surface area (Å²) in [7, 11) is 3.40. The summed E-state index contributed by atoms with van der Waals surface area (Å²) in [6, 6.07) is 16.9. The lowest BCUT2D eigenvalue weighted by Crippen LogP contribution is -2.29. The van der Waals surface area contributed by atoms with E-state index in [0.717, 1.165) is 22.3 Å². The Bertz CT molecular complexity index is 1100. The fraction of sp³-hybridized carbons (Fsp3) is 0.190. The van der Waals surface area contributed by atoms with E-state index in [4.69, 9.17) is 9.26 Å². The van der Waals surface area contributed by atoms with Crippen molar-refractivity contribution in [1.82, 2.24) is 20.0 Å². The molecule has 142 valence electrons. The van der Waals surface area contributed by atoms with Crippen LogP contribution in [0.25, 0.3) is 22.5 Å². The highest BCUT2D eigenvalue weighted by molar-refractivity contribution is 5.94. The lowest BCUT2D eigenvalue weighted by Gasteiger charge is -2.15. The van der Waals surface area contributed by atoms with Crippen molar-refractivity contribution in [3.63, 3.8) is 0 Å². The summed E-state index contributed by atoms with van der Waals surface area (Å²) >= 11 is 0. The third kappa shape index (κ3) is 3.59. The van der Waals surface area contributed by atoms with E-state index in [0.29, 0.717) is 30.2 Å². The van der Waals surface area contributed by atoms with Crippen LogP contribution in [0.15, 0.2) is 59.1 Å². The van der Waals surface area contributed by atoms with Gasteiger partial charge in [0, 0.05) is 42.5 Å². The average molecular weight is 376 g/mol. The van der Waals surface area contributed by atoms with Crippen molar-refractivity contribution in [2.75, 3.05) is 20.7 Å². The molecule has 0 atom stereocenters. The number of carbonyl (C=O) groups excluding carboxylic acids is 1. The Balaban J connectivity index is 1.44. The van der Waals surface area contributed by atoms with E-state index in [1.54, 1.807) is 31.2 Å². The van der Waals surface area contributed by atoms with E-state index in [1.165, 1.54) is 0 Å². The van der Waals surface area contributed by atoms with E-state index in [2.05, 4.69) is 15.1 Å². The molecule has 0 saturated heterocycles. The maximum Gasteiger partial charge on any atom is 0.274 e. The topological polar surface area (TPSA) is 84.2 Å². The Hall–Kier alpha value is -3.61. The van der Waals surface area contributed by atoms with Crippen LogP contribution in [0.3, 0.4) is 0 Å². The zero-order chi connectivity index (χ0) is 19.5. The number of nitrogens with one attached hydrogen (secondary N) is 1. The molecular weight excluding hydrogens is 356 g/mol. The molecule has 0 saturated carbocycles. The fourth-order valence-electron chi connectivity index (χ4n) is 2.98. The lowest BCUT2D eigenvalue weighted by molar-refractivity contribution is 0.0796. The number of H-pyrrole nitrogens is 1. The van der Waals surface area contributed by atoms with E-state index in [-0.39, 0.29) is 5.91 Å². The van der Waals surface area contributed by atoms with Crippen LogP contribution < -0.4 is 4.74 Å². The van der Waals surface area contributed by atoms with E-state index in [1.807, 2.05) is 42.5 Å². The van der Waals surface area contributed by atoms with Gasteiger partial charge in [-0.2, -0.15) is 4.98 Å². The second kappa shape index (κ2) is 7.56. The third-order valence-electron chi connectivity index (χ3n) is 4.57. The first kappa shape index (κ1) is 17.8. The molecule has 2 heterocycles. The summed E-state index contributed by atoms with van der Waals surface area (Å²) in [5.74, 6) is 1.72. The number of amides is 1. The van der Waals surface area contributed by atoms with Crippen molar-refractivity contribution in [1.29, 1.82) is 0 Å². The number of likely N-dealkylation sites (N-methyl/N-ethyl adjacent to an activating group) is 1. The molecule has 0 fully saturated rings. The highest BCUT2D eigenvalue weighted by atomic mass is 16.5. The molecule has 7 heteroatoms. The number of methoxy groups -OCH3 is 1. The molecule has 28 heavy (non-hydrogen) atoms. The normalized spacial score (nSPS) is 10.9. The van der Waals surface area contributed by atoms with Crippen LogP contribution in [0.2, 0.25) is 0 Å². The van der Waals surface area contributed by atoms with Gasteiger partial charge in [0.1, 0.15) is 11.4 Å². The Morgan fingerprint density at radius 1 is 1.18 bits per heavy atom. The summed E-state index contributed by atoms with van der Waals surface area (Å²) in [4.78, 5) is 21.8. The van der Waals surface area contributed by atoms with Crippen molar-refractivity contribution < 1.29 is 14.1 Å². The first-order chi connectivity index (χ1) is 13.6. The average Bonchev–Trinajstić information content (AvgIpc) is 3.38. The van der Waals surface area contributed by atoms with Crippen molar-refractivity contribution >= 4 is 16.8 Å². The Morgan fingerprint density at radius 2 is 2.00 bits per heavy atom. The SMILES string of the molecule is COc1ccc2cc(-c3nc(CCN(C)C(=O)c4ccccc4)no3)[nH]c2c1. The molecule has 0 bridgehead atoms. The molecule has 1 amide bonds. The van der Waals surface area contributed by atoms with Crippen LogP contribution in [-0.4, -0.2) is 46.6 Å². The summed E-state index contributed by atoms with van der Waals surface area (Å²) in [6.07, 6.45) is 0.507. The Labute approximate surface area is 161 Å². The smallest absolute Gasteiger partial charge is 0.274 e. The number of aromatic nitrogens is 3. The van der Waals surface area contributed by atoms with E-state index in [9.17, 15) is 4.79 Å². The summed E-state index contributed by atoms with van der Waals surface area (Å²) in [6.45, 7) is 0.497. The number of aromatic amines is 1. The molecule has 7 nitrogen and oxygen atoms in total. The standard InChI is InChI=1S/C21H20N4O3/c1-25(21(26)14-6-4-3-5-7-14)11-10-19-23-20(28-24-19)18-12-15-8-9-16(27-2)13-17(15)22-18/h3-9,12-13,22H,10-11H2,1-2H3. The second-order valence-electron chi connectivity index (χ2n) is 6.49. The van der Waals surface area contributed by atoms with Crippen molar-refractivity contribution in [3.8, 4) is 17.3 Å². The van der Waals surface area contributed by atoms with Gasteiger partial charge in [0.05, 0.1) is 7.11 Å². The number of carbonyl (C=O) groups is 1. The number of hydrogen-bond acceptors (Lipinski definition) is 5. The van der Waals surface area contributed by atoms with Gasteiger partial charge in [-0.05, 0) is 30.3 Å². The highest BCUT2D eigenvalue weighted by Crippen LogP contribution is 2.26. The number of fused-ring (bicyclic) bond motifs is 1. The summed E-state index contributed by atoms with van der Waals surface area (Å²) in [5.41, 5.74) is 2.34. The van der Waals surface area contributed by atoms with E-state index < -0.39 is 0 Å². The molecule has 2 aromatic heterocycles. The highest BCUT2D eigenvalue weighted by Gasteiger charge is 2.15. The molecule has 4 rings (SSSR count). The zero-order valence-electron chi connectivity index (χ0n) is 15.7. The van der Waals surface area contributed by atoms with Crippen molar-refractivity contribution in [3.05, 3.63) is 66.0 Å². The first-order valence-electron chi connectivity index (χ1n) is 8.94. The molecule has 0 unspecified atom stereocenters. The first-order valence-corrected chi connectivity index (χ1v) is 8.94. The van der Waals surface area contributed by atoms with Gasteiger partial charge < -0.3 is 19.1 Å². The fourth-order valence-corrected chi connectivity index (χ4v) is 2.98. The van der Waals surface area contributed by atoms with Crippen LogP contribution in [0, 0.1) is 0 Å². The van der Waals surface area contributed by atoms with E-state index >= 15 is 0 Å². The maximum absolute atomic E-state index is 12.4. The van der Waals surface area contributed by atoms with Gasteiger partial charge in [-0.1, -0.05) is 23.4 Å². The van der Waals surface area contributed by atoms with Crippen LogP contribution in [0.4, 0.5) is 0 Å². The molecule has 2 aromatic carbocycles. The number of nitrogens with zero attached hydrogens (tertiary/aromatic N) is 3. The molecule has 0 aliphatic heterocycles. The lowest BCUT2D eigenvalue weighted by atomic mass is 10.2. The van der Waals surface area contributed by atoms with Crippen LogP contribution in [-0.2, 0) is 6.42 Å². The molecular formula is C21H20N4O3. The summed E-state index contributed by atoms with van der Waals surface area (Å²) < 4.78 is 10.6. The third-order valence-corrected chi connectivity index (χ3v) is 4.57. The monoisotopic (exact) mass is 376 g/mol.